The molecule has 120 valence electrons. The van der Waals surface area contributed by atoms with Crippen LogP contribution in [0.2, 0.25) is 0 Å². The molecule has 0 saturated carbocycles. The predicted octanol–water partition coefficient (Wildman–Crippen LogP) is 5.27. The molecule has 0 amide bonds. The van der Waals surface area contributed by atoms with E-state index in [0.717, 1.165) is 42.5 Å². The minimum Gasteiger partial charge on any atom is -0.426 e. The van der Waals surface area contributed by atoms with Gasteiger partial charge in [-0.25, -0.2) is 0 Å². The van der Waals surface area contributed by atoms with E-state index in [1.165, 1.54) is 12.1 Å². The lowest BCUT2D eigenvalue weighted by Crippen LogP contribution is -2.41. The molecule has 1 aromatic carbocycles. The fourth-order valence-electron chi connectivity index (χ4n) is 2.70. The Bertz CT molecular complexity index is 579. The van der Waals surface area contributed by atoms with Crippen LogP contribution in [0.4, 0.5) is 22.0 Å². The lowest BCUT2D eigenvalue weighted by atomic mass is 10.0. The summed E-state index contributed by atoms with van der Waals surface area (Å²) < 4.78 is 65.7. The van der Waals surface area contributed by atoms with E-state index in [0.29, 0.717) is 10.5 Å². The van der Waals surface area contributed by atoms with Crippen LogP contribution in [-0.2, 0) is 0 Å². The molecule has 1 nitrogen and oxygen atoms in total. The Balaban J connectivity index is 1.74. The van der Waals surface area contributed by atoms with Gasteiger partial charge in [-0.3, -0.25) is 0 Å². The van der Waals surface area contributed by atoms with Crippen LogP contribution in [0.15, 0.2) is 30.3 Å². The quantitative estimate of drug-likeness (QED) is 0.695. The fraction of sp³-hybridized carbons (Fsp3) is 0.467. The van der Waals surface area contributed by atoms with Crippen LogP contribution < -0.4 is 4.74 Å². The van der Waals surface area contributed by atoms with E-state index in [-0.39, 0.29) is 0 Å². The van der Waals surface area contributed by atoms with Crippen molar-refractivity contribution in [3.63, 3.8) is 0 Å². The number of benzene rings is 1. The van der Waals surface area contributed by atoms with Gasteiger partial charge in [-0.15, -0.1) is 0 Å². The van der Waals surface area contributed by atoms with Gasteiger partial charge in [-0.1, -0.05) is 18.2 Å². The third-order valence-electron chi connectivity index (χ3n) is 3.78. The highest BCUT2D eigenvalue weighted by Crippen LogP contribution is 2.45. The first-order valence-electron chi connectivity index (χ1n) is 6.85. The number of alkyl halides is 5. The molecule has 1 fully saturated rings. The highest BCUT2D eigenvalue weighted by molar-refractivity contribution is 8.01. The van der Waals surface area contributed by atoms with Gasteiger partial charge in [0.15, 0.2) is 0 Å². The molecule has 2 heterocycles. The molecule has 0 aromatic heterocycles. The molecule has 7 heteroatoms. The summed E-state index contributed by atoms with van der Waals surface area (Å²) in [5.74, 6) is -0.500. The van der Waals surface area contributed by atoms with E-state index in [4.69, 9.17) is 0 Å². The molecule has 22 heavy (non-hydrogen) atoms. The molecule has 0 N–H and O–H groups in total. The first-order chi connectivity index (χ1) is 10.2. The Labute approximate surface area is 128 Å². The van der Waals surface area contributed by atoms with Gasteiger partial charge in [0.2, 0.25) is 0 Å². The number of halogens is 5. The molecule has 2 bridgehead atoms. The van der Waals surface area contributed by atoms with Crippen molar-refractivity contribution in [3.05, 3.63) is 35.9 Å². The largest absolute Gasteiger partial charge is 0.499 e. The van der Waals surface area contributed by atoms with E-state index in [1.54, 1.807) is 0 Å². The summed E-state index contributed by atoms with van der Waals surface area (Å²) in [5.41, 5.74) is 1.97. The topological polar surface area (TPSA) is 9.23 Å². The molecule has 0 spiro atoms. The molecular weight excluding hydrogens is 323 g/mol. The van der Waals surface area contributed by atoms with Gasteiger partial charge < -0.3 is 4.74 Å². The number of hydrogen-bond acceptors (Lipinski definition) is 2. The van der Waals surface area contributed by atoms with Gasteiger partial charge in [0.1, 0.15) is 5.75 Å². The second kappa shape index (κ2) is 5.44. The summed E-state index contributed by atoms with van der Waals surface area (Å²) >= 11 is 1.94. The lowest BCUT2D eigenvalue weighted by molar-refractivity contribution is -0.360. The van der Waals surface area contributed by atoms with Gasteiger partial charge in [0.05, 0.1) is 0 Å². The second-order valence-corrected chi connectivity index (χ2v) is 6.96. The molecule has 2 unspecified atom stereocenters. The predicted molar refractivity (Wildman–Crippen MR) is 75.1 cm³/mol. The van der Waals surface area contributed by atoms with Crippen LogP contribution in [-0.4, -0.2) is 22.8 Å². The minimum atomic E-state index is -5.73. The smallest absolute Gasteiger partial charge is 0.426 e. The average Bonchev–Trinajstić information content (AvgIpc) is 2.76. The van der Waals surface area contributed by atoms with Crippen LogP contribution in [0.25, 0.3) is 5.57 Å². The van der Waals surface area contributed by atoms with Crippen molar-refractivity contribution in [2.24, 2.45) is 0 Å². The van der Waals surface area contributed by atoms with Crippen molar-refractivity contribution in [1.82, 2.24) is 0 Å². The second-order valence-electron chi connectivity index (χ2n) is 5.41. The summed E-state index contributed by atoms with van der Waals surface area (Å²) in [5, 5.41) is 1.06. The summed E-state index contributed by atoms with van der Waals surface area (Å²) in [4.78, 5) is 0. The van der Waals surface area contributed by atoms with E-state index in [9.17, 15) is 22.0 Å². The molecule has 1 aromatic rings. The Hall–Kier alpha value is -1.24. The van der Waals surface area contributed by atoms with Crippen LogP contribution in [0.3, 0.4) is 0 Å². The van der Waals surface area contributed by atoms with E-state index in [2.05, 4.69) is 10.8 Å². The molecular formula is C15H13F5OS. The van der Waals surface area contributed by atoms with Crippen molar-refractivity contribution in [3.8, 4) is 5.75 Å². The molecule has 0 aliphatic carbocycles. The lowest BCUT2D eigenvalue weighted by Gasteiger charge is -2.21. The maximum absolute atomic E-state index is 12.8. The van der Waals surface area contributed by atoms with Gasteiger partial charge in [0.25, 0.3) is 0 Å². The Morgan fingerprint density at radius 1 is 1.00 bits per heavy atom. The van der Waals surface area contributed by atoms with Crippen molar-refractivity contribution in [2.45, 2.75) is 42.0 Å². The van der Waals surface area contributed by atoms with Crippen molar-refractivity contribution in [2.75, 3.05) is 0 Å². The number of allylic oxidation sites excluding steroid dienone is 1. The van der Waals surface area contributed by atoms with Crippen LogP contribution in [0.1, 0.15) is 24.8 Å². The van der Waals surface area contributed by atoms with Crippen molar-refractivity contribution < 1.29 is 26.7 Å². The van der Waals surface area contributed by atoms with E-state index in [1.807, 2.05) is 11.8 Å². The van der Waals surface area contributed by atoms with Gasteiger partial charge >= 0.3 is 12.3 Å². The minimum absolute atomic E-state index is 0.485. The van der Waals surface area contributed by atoms with Crippen molar-refractivity contribution >= 4 is 17.3 Å². The monoisotopic (exact) mass is 336 g/mol. The Kier molecular flexibility index (Phi) is 3.87. The average molecular weight is 336 g/mol. The summed E-state index contributed by atoms with van der Waals surface area (Å²) in [6, 6.07) is 5.37. The zero-order chi connectivity index (χ0) is 16.0. The summed E-state index contributed by atoms with van der Waals surface area (Å²) in [6.45, 7) is 0. The first kappa shape index (κ1) is 15.6. The number of hydrogen-bond donors (Lipinski definition) is 0. The van der Waals surface area contributed by atoms with Gasteiger partial charge in [-0.2, -0.15) is 33.7 Å². The zero-order valence-corrected chi connectivity index (χ0v) is 12.2. The maximum atomic E-state index is 12.8. The maximum Gasteiger partial charge on any atom is 0.499 e. The zero-order valence-electron chi connectivity index (χ0n) is 11.4. The third kappa shape index (κ3) is 3.09. The normalized spacial score (nSPS) is 25.0. The van der Waals surface area contributed by atoms with Crippen LogP contribution >= 0.6 is 11.8 Å². The molecule has 0 radical (unpaired) electrons. The highest BCUT2D eigenvalue weighted by Gasteiger charge is 2.61. The van der Waals surface area contributed by atoms with E-state index < -0.39 is 18.0 Å². The van der Waals surface area contributed by atoms with E-state index >= 15 is 0 Å². The van der Waals surface area contributed by atoms with Crippen molar-refractivity contribution in [1.29, 1.82) is 0 Å². The third-order valence-corrected chi connectivity index (χ3v) is 5.28. The van der Waals surface area contributed by atoms with Crippen LogP contribution in [0.5, 0.6) is 5.75 Å². The molecule has 2 aliphatic rings. The number of thioether (sulfide) groups is 1. The van der Waals surface area contributed by atoms with Gasteiger partial charge in [0, 0.05) is 10.5 Å². The number of rotatable bonds is 3. The summed E-state index contributed by atoms with van der Waals surface area (Å²) in [7, 11) is 0. The number of fused-ring (bicyclic) bond motifs is 2. The first-order valence-corrected chi connectivity index (χ1v) is 7.79. The SMILES string of the molecule is FC(F)(F)C(F)(F)Oc1ccc(C2=CC3CCC(C2)S3)cc1. The molecule has 2 aliphatic heterocycles. The Morgan fingerprint density at radius 2 is 1.68 bits per heavy atom. The van der Waals surface area contributed by atoms with Crippen LogP contribution in [0, 0.1) is 0 Å². The molecule has 2 atom stereocenters. The molecule has 3 rings (SSSR count). The molecule has 1 saturated heterocycles. The standard InChI is InChI=1S/C15H13F5OS/c16-14(17,18)15(19,20)21-11-3-1-9(2-4-11)10-7-12-5-6-13(8-10)22-12/h1-4,7,12-13H,5-6,8H2. The highest BCUT2D eigenvalue weighted by atomic mass is 32.2. The number of ether oxygens (including phenoxy) is 1. The van der Waals surface area contributed by atoms with Gasteiger partial charge in [-0.05, 0) is 42.5 Å². The summed E-state index contributed by atoms with van der Waals surface area (Å²) in [6.07, 6.45) is -5.55. The fourth-order valence-corrected chi connectivity index (χ4v) is 4.26. The Morgan fingerprint density at radius 3 is 2.27 bits per heavy atom.